The monoisotopic (exact) mass is 645 g/mol. The van der Waals surface area contributed by atoms with Crippen molar-refractivity contribution in [3.05, 3.63) is 84.3 Å². The maximum absolute atomic E-state index is 13.7. The average Bonchev–Trinajstić information content (AvgIpc) is 2.98. The molecule has 1 amide bonds. The van der Waals surface area contributed by atoms with Gasteiger partial charge in [-0.3, -0.25) is 9.79 Å². The third-order valence-electron chi connectivity index (χ3n) is 7.03. The van der Waals surface area contributed by atoms with Crippen molar-refractivity contribution in [3.8, 4) is 5.75 Å². The Kier molecular flexibility index (Phi) is 9.83. The summed E-state index contributed by atoms with van der Waals surface area (Å²) >= 11 is 0. The van der Waals surface area contributed by atoms with Crippen LogP contribution in [0.5, 0.6) is 5.75 Å². The van der Waals surface area contributed by atoms with E-state index in [1.165, 1.54) is 18.6 Å². The number of benzene rings is 2. The molecule has 0 unspecified atom stereocenters. The minimum Gasteiger partial charge on any atom is -0.406 e. The zero-order valence-electron chi connectivity index (χ0n) is 25.0. The van der Waals surface area contributed by atoms with E-state index in [1.54, 1.807) is 4.90 Å². The first-order chi connectivity index (χ1) is 21.1. The first-order valence-electron chi connectivity index (χ1n) is 13.8. The summed E-state index contributed by atoms with van der Waals surface area (Å²) in [6.45, 7) is 9.79. The molecule has 2 aromatic carbocycles. The normalized spacial score (nSPS) is 16.5. The number of carbonyl (C=O) groups is 1. The van der Waals surface area contributed by atoms with Crippen molar-refractivity contribution in [2.75, 3.05) is 30.3 Å². The molecule has 45 heavy (non-hydrogen) atoms. The van der Waals surface area contributed by atoms with Crippen molar-refractivity contribution < 1.29 is 31.1 Å². The van der Waals surface area contributed by atoms with Crippen LogP contribution in [0.3, 0.4) is 0 Å². The molecule has 11 nitrogen and oxygen atoms in total. The molecule has 0 saturated carbocycles. The Morgan fingerprint density at radius 2 is 1.80 bits per heavy atom. The van der Waals surface area contributed by atoms with Gasteiger partial charge in [-0.15, -0.1) is 13.2 Å². The number of carbonyl (C=O) groups excluding carboxylic acids is 1. The lowest BCUT2D eigenvalue weighted by atomic mass is 9.87. The van der Waals surface area contributed by atoms with Gasteiger partial charge in [0, 0.05) is 32.4 Å². The molecular weight excluding hydrogens is 611 g/mol. The fourth-order valence-electron chi connectivity index (χ4n) is 4.63. The van der Waals surface area contributed by atoms with Crippen LogP contribution in [-0.4, -0.2) is 66.9 Å². The van der Waals surface area contributed by atoms with E-state index in [-0.39, 0.29) is 42.3 Å². The number of hydrogen-bond donors (Lipinski definition) is 2. The molecule has 0 bridgehead atoms. The fourth-order valence-corrected chi connectivity index (χ4v) is 6.20. The number of nitrogens with two attached hydrogens (primary N) is 1. The van der Waals surface area contributed by atoms with Crippen molar-refractivity contribution in [2.45, 2.75) is 50.0 Å². The maximum atomic E-state index is 13.7. The number of amides is 1. The molecule has 1 aliphatic heterocycles. The fraction of sp³-hybridized carbons (Fsp3) is 0.333. The van der Waals surface area contributed by atoms with Gasteiger partial charge in [0.15, 0.2) is 5.82 Å². The molecule has 4 rings (SSSR count). The molecule has 0 radical (unpaired) electrons. The standard InChI is InChI=1S/C30H34F3N7O4S/c1-5-35-17-24-27(34)38-26(18-36-24)39-14-15-40(45(42,43)23-12-10-22(11-13-23)44-30(31,32)33)25(19-39)28(41)37-16-20-6-8-21(9-7-20)29(2,3)4/h5-13,17-18,25H,1,14-16,19H2,2-4H3,(H2,34,38)(H,37,41)/b35-17-/t25-/m1/s1. The third-order valence-corrected chi connectivity index (χ3v) is 8.95. The predicted molar refractivity (Wildman–Crippen MR) is 164 cm³/mol. The Morgan fingerprint density at radius 3 is 2.38 bits per heavy atom. The van der Waals surface area contributed by atoms with Crippen molar-refractivity contribution in [2.24, 2.45) is 4.99 Å². The second kappa shape index (κ2) is 13.2. The number of alkyl halides is 3. The lowest BCUT2D eigenvalue weighted by molar-refractivity contribution is -0.274. The summed E-state index contributed by atoms with van der Waals surface area (Å²) in [5.74, 6) is -0.745. The molecule has 3 aromatic rings. The highest BCUT2D eigenvalue weighted by Crippen LogP contribution is 2.28. The van der Waals surface area contributed by atoms with Gasteiger partial charge in [-0.25, -0.2) is 18.4 Å². The van der Waals surface area contributed by atoms with Crippen LogP contribution in [-0.2, 0) is 26.8 Å². The first-order valence-corrected chi connectivity index (χ1v) is 15.3. The number of nitrogen functional groups attached to an aromatic ring is 1. The van der Waals surface area contributed by atoms with Crippen LogP contribution in [0, 0.1) is 0 Å². The number of aliphatic imine (C=N–C) groups is 1. The van der Waals surface area contributed by atoms with E-state index in [2.05, 4.69) is 52.4 Å². The summed E-state index contributed by atoms with van der Waals surface area (Å²) in [6, 6.07) is 10.3. The highest BCUT2D eigenvalue weighted by atomic mass is 32.2. The smallest absolute Gasteiger partial charge is 0.406 e. The van der Waals surface area contributed by atoms with Gasteiger partial charge in [0.05, 0.1) is 17.3 Å². The highest BCUT2D eigenvalue weighted by Gasteiger charge is 2.41. The van der Waals surface area contributed by atoms with E-state index in [4.69, 9.17) is 5.73 Å². The van der Waals surface area contributed by atoms with Gasteiger partial charge in [-0.2, -0.15) is 4.31 Å². The molecule has 1 aliphatic rings. The van der Waals surface area contributed by atoms with Gasteiger partial charge in [-0.1, -0.05) is 51.6 Å². The molecular formula is C30H34F3N7O4S. The van der Waals surface area contributed by atoms with Gasteiger partial charge in [-0.05, 0) is 40.8 Å². The highest BCUT2D eigenvalue weighted by molar-refractivity contribution is 7.89. The molecule has 15 heteroatoms. The minimum atomic E-state index is -4.93. The Bertz CT molecular complexity index is 1660. The van der Waals surface area contributed by atoms with Gasteiger partial charge >= 0.3 is 6.36 Å². The molecule has 1 fully saturated rings. The summed E-state index contributed by atoms with van der Waals surface area (Å²) in [7, 11) is -4.33. The van der Waals surface area contributed by atoms with Crippen molar-refractivity contribution in [1.82, 2.24) is 19.6 Å². The molecule has 3 N–H and O–H groups in total. The van der Waals surface area contributed by atoms with E-state index in [0.29, 0.717) is 11.5 Å². The maximum Gasteiger partial charge on any atom is 0.573 e. The summed E-state index contributed by atoms with van der Waals surface area (Å²) in [5.41, 5.74) is 8.23. The van der Waals surface area contributed by atoms with Crippen molar-refractivity contribution in [3.63, 3.8) is 0 Å². The lowest BCUT2D eigenvalue weighted by Crippen LogP contribution is -2.60. The quantitative estimate of drug-likeness (QED) is 0.333. The van der Waals surface area contributed by atoms with E-state index in [0.717, 1.165) is 39.7 Å². The molecule has 0 spiro atoms. The van der Waals surface area contributed by atoms with Crippen LogP contribution in [0.2, 0.25) is 0 Å². The van der Waals surface area contributed by atoms with Gasteiger partial charge < -0.3 is 20.7 Å². The summed E-state index contributed by atoms with van der Waals surface area (Å²) < 4.78 is 70.3. The number of piperazine rings is 1. The van der Waals surface area contributed by atoms with E-state index >= 15 is 0 Å². The third kappa shape index (κ3) is 8.36. The number of halogens is 3. The Hall–Kier alpha value is -4.50. The average molecular weight is 646 g/mol. The van der Waals surface area contributed by atoms with Crippen LogP contribution >= 0.6 is 0 Å². The van der Waals surface area contributed by atoms with Gasteiger partial charge in [0.2, 0.25) is 15.9 Å². The Labute approximate surface area is 259 Å². The number of anilines is 2. The second-order valence-electron chi connectivity index (χ2n) is 11.2. The molecule has 240 valence electrons. The van der Waals surface area contributed by atoms with Crippen LogP contribution in [0.4, 0.5) is 24.8 Å². The predicted octanol–water partition coefficient (Wildman–Crippen LogP) is 4.01. The van der Waals surface area contributed by atoms with E-state index in [9.17, 15) is 26.4 Å². The van der Waals surface area contributed by atoms with Crippen molar-refractivity contribution >= 4 is 33.8 Å². The Balaban J connectivity index is 1.60. The molecule has 1 atom stereocenters. The van der Waals surface area contributed by atoms with Crippen LogP contribution in [0.25, 0.3) is 0 Å². The number of hydrogen-bond acceptors (Lipinski definition) is 9. The van der Waals surface area contributed by atoms with Gasteiger partial charge in [0.1, 0.15) is 23.3 Å². The minimum absolute atomic E-state index is 0.0534. The van der Waals surface area contributed by atoms with E-state index in [1.807, 2.05) is 24.3 Å². The SMILES string of the molecule is C=C/N=C\c1ncc(N2CCN(S(=O)(=O)c3ccc(OC(F)(F)F)cc3)[C@@H](C(=O)NCc3ccc(C(C)(C)C)cc3)C2)nc1N. The summed E-state index contributed by atoms with van der Waals surface area (Å²) in [4.78, 5) is 27.5. The van der Waals surface area contributed by atoms with Crippen LogP contribution in [0.15, 0.2) is 77.4 Å². The molecule has 2 heterocycles. The summed E-state index contributed by atoms with van der Waals surface area (Å²) in [5, 5.41) is 2.83. The van der Waals surface area contributed by atoms with Crippen LogP contribution in [0.1, 0.15) is 37.6 Å². The number of rotatable bonds is 9. The molecule has 1 aromatic heterocycles. The molecule has 0 aliphatic carbocycles. The lowest BCUT2D eigenvalue weighted by Gasteiger charge is -2.40. The second-order valence-corrected chi connectivity index (χ2v) is 13.1. The number of nitrogens with one attached hydrogen (secondary N) is 1. The van der Waals surface area contributed by atoms with Crippen molar-refractivity contribution in [1.29, 1.82) is 0 Å². The first kappa shape index (κ1) is 33.4. The zero-order valence-corrected chi connectivity index (χ0v) is 25.8. The largest absolute Gasteiger partial charge is 0.573 e. The number of sulfonamides is 1. The van der Waals surface area contributed by atoms with Crippen LogP contribution < -0.4 is 20.7 Å². The summed E-state index contributed by atoms with van der Waals surface area (Å²) in [6.07, 6.45) is -0.793. The number of aromatic nitrogens is 2. The Morgan fingerprint density at radius 1 is 1.13 bits per heavy atom. The zero-order chi connectivity index (χ0) is 33.0. The van der Waals surface area contributed by atoms with Gasteiger partial charge in [0.25, 0.3) is 0 Å². The number of ether oxygens (including phenoxy) is 1. The topological polar surface area (TPSA) is 143 Å². The van der Waals surface area contributed by atoms with E-state index < -0.39 is 34.1 Å². The molecule has 1 saturated heterocycles. The number of nitrogens with zero attached hydrogens (tertiary/aromatic N) is 5.